The molecule has 1 aliphatic heterocycles. The first-order valence-electron chi connectivity index (χ1n) is 7.06. The van der Waals surface area contributed by atoms with Crippen molar-refractivity contribution >= 4 is 11.6 Å². The second-order valence-electron chi connectivity index (χ2n) is 5.51. The third kappa shape index (κ3) is 3.04. The van der Waals surface area contributed by atoms with Gasteiger partial charge in [0.2, 0.25) is 0 Å². The fourth-order valence-corrected chi connectivity index (χ4v) is 3.11. The zero-order valence-corrected chi connectivity index (χ0v) is 12.1. The zero-order chi connectivity index (χ0) is 13.2. The van der Waals surface area contributed by atoms with Crippen molar-refractivity contribution in [1.29, 1.82) is 0 Å². The quantitative estimate of drug-likeness (QED) is 0.897. The molecule has 1 saturated heterocycles. The average molecular weight is 281 g/mol. The molecule has 0 spiro atoms. The standard InChI is InChI=1S/C15H21ClN2O/c1-19-15-4-2-3-14(16)13(15)9-17-11-7-8-18(10-11)12-5-6-12/h2-4,11-12,17H,5-10H2,1H3. The highest BCUT2D eigenvalue weighted by atomic mass is 35.5. The van der Waals surface area contributed by atoms with E-state index in [2.05, 4.69) is 10.2 Å². The van der Waals surface area contributed by atoms with Gasteiger partial charge in [0.1, 0.15) is 5.75 Å². The van der Waals surface area contributed by atoms with E-state index in [0.29, 0.717) is 6.04 Å². The molecule has 1 atom stereocenters. The van der Waals surface area contributed by atoms with Crippen molar-refractivity contribution in [3.8, 4) is 5.75 Å². The minimum absolute atomic E-state index is 0.585. The van der Waals surface area contributed by atoms with E-state index in [1.807, 2.05) is 18.2 Å². The Kier molecular flexibility index (Phi) is 3.96. The summed E-state index contributed by atoms with van der Waals surface area (Å²) >= 11 is 6.25. The number of ether oxygens (including phenoxy) is 1. The number of hydrogen-bond donors (Lipinski definition) is 1. The van der Waals surface area contributed by atoms with Crippen molar-refractivity contribution in [3.05, 3.63) is 28.8 Å². The van der Waals surface area contributed by atoms with Gasteiger partial charge in [-0.3, -0.25) is 4.90 Å². The maximum absolute atomic E-state index is 6.25. The number of hydrogen-bond acceptors (Lipinski definition) is 3. The second-order valence-corrected chi connectivity index (χ2v) is 5.92. The Hall–Kier alpha value is -0.770. The lowest BCUT2D eigenvalue weighted by Gasteiger charge is -2.17. The van der Waals surface area contributed by atoms with Crippen molar-refractivity contribution in [3.63, 3.8) is 0 Å². The molecule has 19 heavy (non-hydrogen) atoms. The summed E-state index contributed by atoms with van der Waals surface area (Å²) in [6, 6.07) is 7.28. The lowest BCUT2D eigenvalue weighted by Crippen LogP contribution is -2.33. The lowest BCUT2D eigenvalue weighted by atomic mass is 10.1. The maximum Gasteiger partial charge on any atom is 0.124 e. The number of methoxy groups -OCH3 is 1. The Balaban J connectivity index is 1.57. The molecule has 1 unspecified atom stereocenters. The number of nitrogens with zero attached hydrogens (tertiary/aromatic N) is 1. The highest BCUT2D eigenvalue weighted by Gasteiger charge is 2.34. The molecule has 1 aromatic rings. The fourth-order valence-electron chi connectivity index (χ4n) is 2.87. The molecule has 0 aromatic heterocycles. The van der Waals surface area contributed by atoms with Gasteiger partial charge in [-0.25, -0.2) is 0 Å². The molecule has 1 aromatic carbocycles. The van der Waals surface area contributed by atoms with Crippen molar-refractivity contribution in [1.82, 2.24) is 10.2 Å². The van der Waals surface area contributed by atoms with E-state index in [-0.39, 0.29) is 0 Å². The number of nitrogens with one attached hydrogen (secondary N) is 1. The summed E-state index contributed by atoms with van der Waals surface area (Å²) in [6.45, 7) is 3.20. The summed E-state index contributed by atoms with van der Waals surface area (Å²) < 4.78 is 5.38. The van der Waals surface area contributed by atoms with Gasteiger partial charge < -0.3 is 10.1 Å². The van der Waals surface area contributed by atoms with Gasteiger partial charge >= 0.3 is 0 Å². The van der Waals surface area contributed by atoms with E-state index in [1.54, 1.807) is 7.11 Å². The predicted octanol–water partition coefficient (Wildman–Crippen LogP) is 2.67. The molecule has 104 valence electrons. The number of benzene rings is 1. The van der Waals surface area contributed by atoms with E-state index in [4.69, 9.17) is 16.3 Å². The first-order chi connectivity index (χ1) is 9.28. The molecule has 1 N–H and O–H groups in total. The van der Waals surface area contributed by atoms with Crippen LogP contribution in [0.1, 0.15) is 24.8 Å². The third-order valence-corrected chi connectivity index (χ3v) is 4.50. The van der Waals surface area contributed by atoms with Crippen molar-refractivity contribution in [2.45, 2.75) is 37.9 Å². The molecule has 1 aliphatic carbocycles. The summed E-state index contributed by atoms with van der Waals surface area (Å²) in [5.74, 6) is 0.872. The average Bonchev–Trinajstić information content (AvgIpc) is 3.17. The van der Waals surface area contributed by atoms with E-state index in [9.17, 15) is 0 Å². The van der Waals surface area contributed by atoms with Crippen LogP contribution in [0.5, 0.6) is 5.75 Å². The third-order valence-electron chi connectivity index (χ3n) is 4.15. The first kappa shape index (κ1) is 13.2. The van der Waals surface area contributed by atoms with Crippen molar-refractivity contribution < 1.29 is 4.74 Å². The summed E-state index contributed by atoms with van der Waals surface area (Å²) in [4.78, 5) is 2.61. The largest absolute Gasteiger partial charge is 0.496 e. The van der Waals surface area contributed by atoms with E-state index in [1.165, 1.54) is 32.4 Å². The lowest BCUT2D eigenvalue weighted by molar-refractivity contribution is 0.317. The molecule has 2 fully saturated rings. The van der Waals surface area contributed by atoms with Gasteiger partial charge in [0.25, 0.3) is 0 Å². The van der Waals surface area contributed by atoms with Crippen LogP contribution in [0, 0.1) is 0 Å². The van der Waals surface area contributed by atoms with Gasteiger partial charge in [-0.05, 0) is 31.4 Å². The van der Waals surface area contributed by atoms with E-state index >= 15 is 0 Å². The molecule has 0 bridgehead atoms. The van der Waals surface area contributed by atoms with Gasteiger partial charge in [-0.15, -0.1) is 0 Å². The van der Waals surface area contributed by atoms with Crippen LogP contribution in [0.2, 0.25) is 5.02 Å². The van der Waals surface area contributed by atoms with E-state index < -0.39 is 0 Å². The summed E-state index contributed by atoms with van der Waals surface area (Å²) in [7, 11) is 1.69. The maximum atomic E-state index is 6.25. The molecule has 3 nitrogen and oxygen atoms in total. The highest BCUT2D eigenvalue weighted by molar-refractivity contribution is 6.31. The van der Waals surface area contributed by atoms with Crippen molar-refractivity contribution in [2.24, 2.45) is 0 Å². The smallest absolute Gasteiger partial charge is 0.124 e. The Labute approximate surface area is 119 Å². The normalized spacial score (nSPS) is 23.8. The van der Waals surface area contributed by atoms with Gasteiger partial charge in [0, 0.05) is 42.3 Å². The molecule has 0 amide bonds. The molecule has 4 heteroatoms. The minimum Gasteiger partial charge on any atom is -0.496 e. The molecule has 3 rings (SSSR count). The first-order valence-corrected chi connectivity index (χ1v) is 7.44. The minimum atomic E-state index is 0.585. The molecule has 0 radical (unpaired) electrons. The van der Waals surface area contributed by atoms with Crippen LogP contribution in [0.25, 0.3) is 0 Å². The van der Waals surface area contributed by atoms with Crippen LogP contribution in [0.3, 0.4) is 0 Å². The number of rotatable bonds is 5. The summed E-state index contributed by atoms with van der Waals surface area (Å²) in [5, 5.41) is 4.40. The summed E-state index contributed by atoms with van der Waals surface area (Å²) in [6.07, 6.45) is 4.03. The molecule has 1 saturated carbocycles. The van der Waals surface area contributed by atoms with Crippen LogP contribution in [0.15, 0.2) is 18.2 Å². The Morgan fingerprint density at radius 1 is 1.37 bits per heavy atom. The zero-order valence-electron chi connectivity index (χ0n) is 11.4. The molecule has 2 aliphatic rings. The SMILES string of the molecule is COc1cccc(Cl)c1CNC1CCN(C2CC2)C1. The molecule has 1 heterocycles. The second kappa shape index (κ2) is 5.70. The van der Waals surface area contributed by atoms with Gasteiger partial charge in [0.15, 0.2) is 0 Å². The predicted molar refractivity (Wildman–Crippen MR) is 77.8 cm³/mol. The number of likely N-dealkylation sites (tertiary alicyclic amines) is 1. The van der Waals surface area contributed by atoms with Gasteiger partial charge in [-0.1, -0.05) is 17.7 Å². The van der Waals surface area contributed by atoms with Crippen LogP contribution in [-0.4, -0.2) is 37.2 Å². The topological polar surface area (TPSA) is 24.5 Å². The van der Waals surface area contributed by atoms with Crippen molar-refractivity contribution in [2.75, 3.05) is 20.2 Å². The Bertz CT molecular complexity index is 448. The van der Waals surface area contributed by atoms with Crippen LogP contribution in [0.4, 0.5) is 0 Å². The Morgan fingerprint density at radius 3 is 2.95 bits per heavy atom. The van der Waals surface area contributed by atoms with E-state index in [0.717, 1.165) is 28.9 Å². The fraction of sp³-hybridized carbons (Fsp3) is 0.600. The van der Waals surface area contributed by atoms with Crippen LogP contribution < -0.4 is 10.1 Å². The van der Waals surface area contributed by atoms with Crippen LogP contribution in [-0.2, 0) is 6.54 Å². The monoisotopic (exact) mass is 280 g/mol. The number of halogens is 1. The van der Waals surface area contributed by atoms with Gasteiger partial charge in [-0.2, -0.15) is 0 Å². The highest BCUT2D eigenvalue weighted by Crippen LogP contribution is 2.30. The van der Waals surface area contributed by atoms with Crippen LogP contribution >= 0.6 is 11.6 Å². The molecular formula is C15H21ClN2O. The van der Waals surface area contributed by atoms with Gasteiger partial charge in [0.05, 0.1) is 7.11 Å². The Morgan fingerprint density at radius 2 is 2.21 bits per heavy atom. The molecular weight excluding hydrogens is 260 g/mol. The summed E-state index contributed by atoms with van der Waals surface area (Å²) in [5.41, 5.74) is 1.07.